The molecular weight excluding hydrogens is 192 g/mol. The van der Waals surface area contributed by atoms with Crippen LogP contribution in [0.15, 0.2) is 0 Å². The SMILES string of the molecule is COCCN1C(=O)C(C)(C)NCCC1C. The lowest BCUT2D eigenvalue weighted by atomic mass is 10.0. The molecule has 0 radical (unpaired) electrons. The predicted octanol–water partition coefficient (Wildman–Crippen LogP) is 0.622. The Labute approximate surface area is 92.0 Å². The molecule has 15 heavy (non-hydrogen) atoms. The Morgan fingerprint density at radius 2 is 2.27 bits per heavy atom. The van der Waals surface area contributed by atoms with E-state index in [2.05, 4.69) is 12.2 Å². The molecule has 0 aromatic rings. The maximum atomic E-state index is 12.2. The van der Waals surface area contributed by atoms with E-state index >= 15 is 0 Å². The van der Waals surface area contributed by atoms with Gasteiger partial charge in [0.25, 0.3) is 0 Å². The van der Waals surface area contributed by atoms with Crippen molar-refractivity contribution < 1.29 is 9.53 Å². The first kappa shape index (κ1) is 12.5. The van der Waals surface area contributed by atoms with Gasteiger partial charge in [0, 0.05) is 19.7 Å². The molecule has 1 unspecified atom stereocenters. The van der Waals surface area contributed by atoms with Gasteiger partial charge < -0.3 is 15.0 Å². The highest BCUT2D eigenvalue weighted by atomic mass is 16.5. The summed E-state index contributed by atoms with van der Waals surface area (Å²) in [6.07, 6.45) is 0.999. The molecule has 1 atom stereocenters. The van der Waals surface area contributed by atoms with Crippen molar-refractivity contribution in [1.29, 1.82) is 0 Å². The van der Waals surface area contributed by atoms with Crippen molar-refractivity contribution in [2.24, 2.45) is 0 Å². The van der Waals surface area contributed by atoms with Crippen LogP contribution in [0.25, 0.3) is 0 Å². The Morgan fingerprint density at radius 1 is 1.60 bits per heavy atom. The van der Waals surface area contributed by atoms with E-state index < -0.39 is 5.54 Å². The molecule has 1 N–H and O–H groups in total. The molecule has 1 rings (SSSR count). The van der Waals surface area contributed by atoms with Crippen molar-refractivity contribution in [3.05, 3.63) is 0 Å². The summed E-state index contributed by atoms with van der Waals surface area (Å²) in [6, 6.07) is 0.293. The lowest BCUT2D eigenvalue weighted by molar-refractivity contribution is -0.138. The molecule has 0 saturated carbocycles. The molecule has 88 valence electrons. The summed E-state index contributed by atoms with van der Waals surface area (Å²) in [5, 5.41) is 3.28. The molecule has 0 spiro atoms. The molecule has 1 fully saturated rings. The summed E-state index contributed by atoms with van der Waals surface area (Å²) < 4.78 is 5.04. The standard InChI is InChI=1S/C11H22N2O2/c1-9-5-6-12-11(2,3)10(14)13(9)7-8-15-4/h9,12H,5-8H2,1-4H3. The van der Waals surface area contributed by atoms with Gasteiger partial charge in [0.15, 0.2) is 0 Å². The topological polar surface area (TPSA) is 41.6 Å². The van der Waals surface area contributed by atoms with Gasteiger partial charge in [0.05, 0.1) is 12.1 Å². The Morgan fingerprint density at radius 3 is 2.87 bits per heavy atom. The number of carbonyl (C=O) groups is 1. The van der Waals surface area contributed by atoms with Crippen LogP contribution in [0.2, 0.25) is 0 Å². The van der Waals surface area contributed by atoms with Gasteiger partial charge in [-0.25, -0.2) is 0 Å². The number of hydrogen-bond donors (Lipinski definition) is 1. The average molecular weight is 214 g/mol. The van der Waals surface area contributed by atoms with Crippen LogP contribution in [-0.4, -0.2) is 49.2 Å². The third-order valence-electron chi connectivity index (χ3n) is 2.99. The molecule has 1 heterocycles. The highest BCUT2D eigenvalue weighted by Crippen LogP contribution is 2.16. The van der Waals surface area contributed by atoms with Crippen molar-refractivity contribution in [2.75, 3.05) is 26.8 Å². The smallest absolute Gasteiger partial charge is 0.242 e. The van der Waals surface area contributed by atoms with E-state index in [4.69, 9.17) is 4.74 Å². The van der Waals surface area contributed by atoms with Crippen LogP contribution in [0.5, 0.6) is 0 Å². The summed E-state index contributed by atoms with van der Waals surface area (Å²) >= 11 is 0. The highest BCUT2D eigenvalue weighted by Gasteiger charge is 2.35. The third kappa shape index (κ3) is 2.92. The van der Waals surface area contributed by atoms with E-state index in [1.54, 1.807) is 7.11 Å². The normalized spacial score (nSPS) is 26.5. The van der Waals surface area contributed by atoms with Crippen LogP contribution in [0, 0.1) is 0 Å². The van der Waals surface area contributed by atoms with Crippen molar-refractivity contribution in [3.8, 4) is 0 Å². The predicted molar refractivity (Wildman–Crippen MR) is 59.7 cm³/mol. The second-order valence-electron chi connectivity index (χ2n) is 4.68. The fourth-order valence-electron chi connectivity index (χ4n) is 1.90. The van der Waals surface area contributed by atoms with Gasteiger partial charge >= 0.3 is 0 Å². The minimum Gasteiger partial charge on any atom is -0.383 e. The third-order valence-corrected chi connectivity index (χ3v) is 2.99. The van der Waals surface area contributed by atoms with E-state index in [1.165, 1.54) is 0 Å². The van der Waals surface area contributed by atoms with Crippen molar-refractivity contribution in [3.63, 3.8) is 0 Å². The second kappa shape index (κ2) is 4.94. The molecule has 1 saturated heterocycles. The molecule has 1 aliphatic heterocycles. The number of nitrogens with zero attached hydrogens (tertiary/aromatic N) is 1. The van der Waals surface area contributed by atoms with E-state index in [-0.39, 0.29) is 5.91 Å². The summed E-state index contributed by atoms with van der Waals surface area (Å²) in [6.45, 7) is 8.15. The largest absolute Gasteiger partial charge is 0.383 e. The Hall–Kier alpha value is -0.610. The van der Waals surface area contributed by atoms with Crippen LogP contribution in [0.1, 0.15) is 27.2 Å². The van der Waals surface area contributed by atoms with Crippen molar-refractivity contribution in [2.45, 2.75) is 38.8 Å². The van der Waals surface area contributed by atoms with Crippen LogP contribution in [0.3, 0.4) is 0 Å². The molecule has 0 aromatic heterocycles. The molecule has 4 nitrogen and oxygen atoms in total. The Bertz CT molecular complexity index is 229. The zero-order chi connectivity index (χ0) is 11.5. The molecule has 0 aliphatic carbocycles. The number of carbonyl (C=O) groups excluding carboxylic acids is 1. The van der Waals surface area contributed by atoms with Gasteiger partial charge in [-0.3, -0.25) is 4.79 Å². The average Bonchev–Trinajstić information content (AvgIpc) is 2.25. The van der Waals surface area contributed by atoms with Crippen molar-refractivity contribution in [1.82, 2.24) is 10.2 Å². The fraction of sp³-hybridized carbons (Fsp3) is 0.909. The van der Waals surface area contributed by atoms with Gasteiger partial charge in [-0.05, 0) is 33.7 Å². The molecule has 1 amide bonds. The quantitative estimate of drug-likeness (QED) is 0.749. The van der Waals surface area contributed by atoms with Gasteiger partial charge in [-0.1, -0.05) is 0 Å². The van der Waals surface area contributed by atoms with Crippen LogP contribution < -0.4 is 5.32 Å². The van der Waals surface area contributed by atoms with E-state index in [0.717, 1.165) is 13.0 Å². The molecule has 4 heteroatoms. The Kier molecular flexibility index (Phi) is 4.11. The maximum absolute atomic E-state index is 12.2. The first-order chi connectivity index (χ1) is 6.99. The van der Waals surface area contributed by atoms with Crippen LogP contribution in [0.4, 0.5) is 0 Å². The zero-order valence-electron chi connectivity index (χ0n) is 10.2. The minimum absolute atomic E-state index is 0.171. The highest BCUT2D eigenvalue weighted by molar-refractivity contribution is 5.86. The van der Waals surface area contributed by atoms with E-state index in [0.29, 0.717) is 19.2 Å². The zero-order valence-corrected chi connectivity index (χ0v) is 10.2. The second-order valence-corrected chi connectivity index (χ2v) is 4.68. The van der Waals surface area contributed by atoms with E-state index in [9.17, 15) is 4.79 Å². The molecule has 0 aromatic carbocycles. The van der Waals surface area contributed by atoms with Crippen LogP contribution >= 0.6 is 0 Å². The van der Waals surface area contributed by atoms with E-state index in [1.807, 2.05) is 18.7 Å². The first-order valence-corrected chi connectivity index (χ1v) is 5.54. The van der Waals surface area contributed by atoms with Gasteiger partial charge in [-0.2, -0.15) is 0 Å². The summed E-state index contributed by atoms with van der Waals surface area (Å²) in [5.41, 5.74) is -0.446. The van der Waals surface area contributed by atoms with Crippen LogP contribution in [-0.2, 0) is 9.53 Å². The lowest BCUT2D eigenvalue weighted by Crippen LogP contribution is -2.53. The number of ether oxygens (including phenoxy) is 1. The molecule has 0 bridgehead atoms. The van der Waals surface area contributed by atoms with Gasteiger partial charge in [0.2, 0.25) is 5.91 Å². The summed E-state index contributed by atoms with van der Waals surface area (Å²) in [5.74, 6) is 0.171. The lowest BCUT2D eigenvalue weighted by Gasteiger charge is -2.32. The first-order valence-electron chi connectivity index (χ1n) is 5.54. The number of nitrogens with one attached hydrogen (secondary N) is 1. The number of rotatable bonds is 3. The van der Waals surface area contributed by atoms with Gasteiger partial charge in [-0.15, -0.1) is 0 Å². The van der Waals surface area contributed by atoms with Gasteiger partial charge in [0.1, 0.15) is 0 Å². The number of methoxy groups -OCH3 is 1. The fourth-order valence-corrected chi connectivity index (χ4v) is 1.90. The number of hydrogen-bond acceptors (Lipinski definition) is 3. The Balaban J connectivity index is 2.73. The maximum Gasteiger partial charge on any atom is 0.242 e. The minimum atomic E-state index is -0.446. The molecular formula is C11H22N2O2. The monoisotopic (exact) mass is 214 g/mol. The van der Waals surface area contributed by atoms with Crippen molar-refractivity contribution >= 4 is 5.91 Å². The molecule has 1 aliphatic rings. The number of amides is 1. The summed E-state index contributed by atoms with van der Waals surface area (Å²) in [7, 11) is 1.66. The summed E-state index contributed by atoms with van der Waals surface area (Å²) in [4.78, 5) is 14.1.